The molecule has 1 aromatic carbocycles. The summed E-state index contributed by atoms with van der Waals surface area (Å²) in [7, 11) is 0. The maximum absolute atomic E-state index is 11.8. The van der Waals surface area contributed by atoms with Gasteiger partial charge in [-0.05, 0) is 64.3 Å². The van der Waals surface area contributed by atoms with Gasteiger partial charge in [-0.3, -0.25) is 9.69 Å². The molecule has 1 atom stereocenters. The Hall–Kier alpha value is -1.63. The summed E-state index contributed by atoms with van der Waals surface area (Å²) >= 11 is 0. The highest BCUT2D eigenvalue weighted by atomic mass is 16.5. The third-order valence-electron chi connectivity index (χ3n) is 4.52. The first-order valence-corrected chi connectivity index (χ1v) is 9.27. The Morgan fingerprint density at radius 1 is 1.23 bits per heavy atom. The van der Waals surface area contributed by atoms with Crippen molar-refractivity contribution in [2.45, 2.75) is 57.7 Å². The molecule has 0 aliphatic carbocycles. The number of nitrogens with one attached hydrogen (secondary N) is 1. The van der Waals surface area contributed by atoms with Crippen LogP contribution in [0.1, 0.15) is 45.6 Å². The first-order valence-electron chi connectivity index (χ1n) is 9.27. The molecule has 0 aromatic heterocycles. The van der Waals surface area contributed by atoms with Crippen molar-refractivity contribution in [1.29, 1.82) is 0 Å². The molecule has 1 aliphatic rings. The summed E-state index contributed by atoms with van der Waals surface area (Å²) < 4.78 is 5.53. The van der Waals surface area contributed by atoms with Crippen molar-refractivity contribution < 1.29 is 19.7 Å². The Bertz CT molecular complexity index is 582. The highest BCUT2D eigenvalue weighted by Crippen LogP contribution is 2.23. The van der Waals surface area contributed by atoms with Crippen LogP contribution in [0.5, 0.6) is 5.75 Å². The van der Waals surface area contributed by atoms with Crippen LogP contribution < -0.4 is 10.1 Å². The number of aliphatic hydroxyl groups excluding tert-OH is 1. The maximum atomic E-state index is 11.8. The molecular formula is C20H32N2O4. The van der Waals surface area contributed by atoms with Gasteiger partial charge >= 0.3 is 0 Å². The summed E-state index contributed by atoms with van der Waals surface area (Å²) in [6.07, 6.45) is 2.11. The summed E-state index contributed by atoms with van der Waals surface area (Å²) in [6, 6.07) is 7.75. The summed E-state index contributed by atoms with van der Waals surface area (Å²) in [5.41, 5.74) is -0.0365. The molecule has 0 unspecified atom stereocenters. The fraction of sp³-hybridized carbons (Fsp3) is 0.650. The van der Waals surface area contributed by atoms with Crippen LogP contribution in [0.3, 0.4) is 0 Å². The van der Waals surface area contributed by atoms with Crippen molar-refractivity contribution >= 4 is 5.91 Å². The minimum Gasteiger partial charge on any atom is -0.484 e. The average molecular weight is 364 g/mol. The molecule has 2 rings (SSSR count). The second kappa shape index (κ2) is 8.84. The Labute approximate surface area is 156 Å². The van der Waals surface area contributed by atoms with Crippen LogP contribution >= 0.6 is 0 Å². The third kappa shape index (κ3) is 6.94. The lowest BCUT2D eigenvalue weighted by Crippen LogP contribution is -2.43. The fourth-order valence-electron chi connectivity index (χ4n) is 3.10. The number of amides is 1. The fourth-order valence-corrected chi connectivity index (χ4v) is 3.10. The number of rotatable bonds is 6. The largest absolute Gasteiger partial charge is 0.484 e. The predicted molar refractivity (Wildman–Crippen MR) is 101 cm³/mol. The highest BCUT2D eigenvalue weighted by Gasteiger charge is 2.29. The van der Waals surface area contributed by atoms with Crippen LogP contribution in [-0.4, -0.2) is 58.5 Å². The molecule has 6 nitrogen and oxygen atoms in total. The van der Waals surface area contributed by atoms with E-state index in [2.05, 4.69) is 10.2 Å². The number of likely N-dealkylation sites (tertiary alicyclic amines) is 1. The van der Waals surface area contributed by atoms with E-state index in [1.165, 1.54) is 0 Å². The topological polar surface area (TPSA) is 82.0 Å². The van der Waals surface area contributed by atoms with Crippen molar-refractivity contribution in [2.24, 2.45) is 0 Å². The van der Waals surface area contributed by atoms with Crippen LogP contribution in [0.25, 0.3) is 0 Å². The van der Waals surface area contributed by atoms with Crippen molar-refractivity contribution in [3.05, 3.63) is 29.8 Å². The van der Waals surface area contributed by atoms with E-state index in [4.69, 9.17) is 4.74 Å². The Morgan fingerprint density at radius 2 is 1.92 bits per heavy atom. The van der Waals surface area contributed by atoms with Crippen molar-refractivity contribution in [2.75, 3.05) is 26.3 Å². The molecule has 1 heterocycles. The van der Waals surface area contributed by atoms with E-state index in [0.29, 0.717) is 18.6 Å². The van der Waals surface area contributed by atoms with Gasteiger partial charge in [0, 0.05) is 18.6 Å². The van der Waals surface area contributed by atoms with Gasteiger partial charge in [0.05, 0.1) is 12.2 Å². The molecule has 0 saturated carbocycles. The Morgan fingerprint density at radius 3 is 2.54 bits per heavy atom. The second-order valence-corrected chi connectivity index (χ2v) is 8.24. The van der Waals surface area contributed by atoms with Gasteiger partial charge < -0.3 is 20.3 Å². The van der Waals surface area contributed by atoms with Crippen molar-refractivity contribution in [3.63, 3.8) is 0 Å². The SMILES string of the molecule is CC(C)(C)NC(=O)COc1ccc(CN2CCC[C@@](O)(CO)CC2)cc1. The molecule has 0 spiro atoms. The van der Waals surface area contributed by atoms with E-state index in [1.54, 1.807) is 0 Å². The molecule has 26 heavy (non-hydrogen) atoms. The number of ether oxygens (including phenoxy) is 1. The summed E-state index contributed by atoms with van der Waals surface area (Å²) in [6.45, 7) is 8.11. The predicted octanol–water partition coefficient (Wildman–Crippen LogP) is 1.69. The molecule has 146 valence electrons. The summed E-state index contributed by atoms with van der Waals surface area (Å²) in [5.74, 6) is 0.533. The normalized spacial score (nSPS) is 21.9. The molecule has 1 fully saturated rings. The molecule has 6 heteroatoms. The smallest absolute Gasteiger partial charge is 0.258 e. The molecule has 1 amide bonds. The lowest BCUT2D eigenvalue weighted by Gasteiger charge is -2.24. The maximum Gasteiger partial charge on any atom is 0.258 e. The van der Waals surface area contributed by atoms with Crippen LogP contribution in [0, 0.1) is 0 Å². The third-order valence-corrected chi connectivity index (χ3v) is 4.52. The highest BCUT2D eigenvalue weighted by molar-refractivity contribution is 5.78. The van der Waals surface area contributed by atoms with E-state index in [0.717, 1.165) is 31.6 Å². The zero-order valence-electron chi connectivity index (χ0n) is 16.1. The van der Waals surface area contributed by atoms with Gasteiger partial charge in [-0.2, -0.15) is 0 Å². The number of carbonyl (C=O) groups is 1. The van der Waals surface area contributed by atoms with E-state index in [1.807, 2.05) is 45.0 Å². The van der Waals surface area contributed by atoms with Gasteiger partial charge in [0.1, 0.15) is 5.75 Å². The van der Waals surface area contributed by atoms with E-state index >= 15 is 0 Å². The van der Waals surface area contributed by atoms with Crippen LogP contribution in [0.2, 0.25) is 0 Å². The van der Waals surface area contributed by atoms with Gasteiger partial charge in [0.25, 0.3) is 5.91 Å². The van der Waals surface area contributed by atoms with Crippen LogP contribution in [0.4, 0.5) is 0 Å². The summed E-state index contributed by atoms with van der Waals surface area (Å²) in [4.78, 5) is 14.1. The van der Waals surface area contributed by atoms with Gasteiger partial charge in [0.15, 0.2) is 6.61 Å². The Kier molecular flexibility index (Phi) is 7.03. The lowest BCUT2D eigenvalue weighted by atomic mass is 9.96. The average Bonchev–Trinajstić information content (AvgIpc) is 2.75. The van der Waals surface area contributed by atoms with Crippen LogP contribution in [-0.2, 0) is 11.3 Å². The lowest BCUT2D eigenvalue weighted by molar-refractivity contribution is -0.124. The standard InChI is InChI=1S/C20H32N2O4/c1-19(2,3)21-18(24)14-26-17-7-5-16(6-8-17)13-22-11-4-9-20(25,15-23)10-12-22/h5-8,23,25H,4,9-15H2,1-3H3,(H,21,24)/t20-/m0/s1. The summed E-state index contributed by atoms with van der Waals surface area (Å²) in [5, 5.41) is 22.4. The number of carbonyl (C=O) groups excluding carboxylic acids is 1. The molecule has 3 N–H and O–H groups in total. The first kappa shape index (κ1) is 20.7. The zero-order chi connectivity index (χ0) is 19.2. The first-order chi connectivity index (χ1) is 12.2. The molecular weight excluding hydrogens is 332 g/mol. The van der Waals surface area contributed by atoms with E-state index in [-0.39, 0.29) is 24.7 Å². The number of hydrogen-bond donors (Lipinski definition) is 3. The number of hydrogen-bond acceptors (Lipinski definition) is 5. The van der Waals surface area contributed by atoms with Gasteiger partial charge in [-0.15, -0.1) is 0 Å². The molecule has 0 radical (unpaired) electrons. The molecule has 0 bridgehead atoms. The quantitative estimate of drug-likeness (QED) is 0.716. The molecule has 1 aromatic rings. The second-order valence-electron chi connectivity index (χ2n) is 8.24. The Balaban J connectivity index is 1.81. The van der Waals surface area contributed by atoms with Gasteiger partial charge in [-0.25, -0.2) is 0 Å². The van der Waals surface area contributed by atoms with Crippen molar-refractivity contribution in [1.82, 2.24) is 10.2 Å². The van der Waals surface area contributed by atoms with Crippen LogP contribution in [0.15, 0.2) is 24.3 Å². The van der Waals surface area contributed by atoms with E-state index < -0.39 is 5.60 Å². The molecule has 1 aliphatic heterocycles. The molecule has 1 saturated heterocycles. The van der Waals surface area contributed by atoms with Gasteiger partial charge in [0.2, 0.25) is 0 Å². The monoisotopic (exact) mass is 364 g/mol. The number of benzene rings is 1. The minimum atomic E-state index is -0.930. The number of nitrogens with zero attached hydrogens (tertiary/aromatic N) is 1. The minimum absolute atomic E-state index is 0.00246. The zero-order valence-corrected chi connectivity index (χ0v) is 16.1. The van der Waals surface area contributed by atoms with Gasteiger partial charge in [-0.1, -0.05) is 12.1 Å². The van der Waals surface area contributed by atoms with Crippen molar-refractivity contribution in [3.8, 4) is 5.75 Å². The number of aliphatic hydroxyl groups is 2. The van der Waals surface area contributed by atoms with E-state index in [9.17, 15) is 15.0 Å².